The van der Waals surface area contributed by atoms with Crippen molar-refractivity contribution in [3.8, 4) is 17.2 Å². The Bertz CT molecular complexity index is 788. The van der Waals surface area contributed by atoms with Crippen molar-refractivity contribution >= 4 is 5.91 Å². The van der Waals surface area contributed by atoms with Crippen LogP contribution in [0.3, 0.4) is 0 Å². The van der Waals surface area contributed by atoms with Gasteiger partial charge in [-0.05, 0) is 61.7 Å². The third kappa shape index (κ3) is 3.77. The number of amides is 1. The molecule has 0 atom stereocenters. The molecule has 1 aliphatic rings. The van der Waals surface area contributed by atoms with Crippen LogP contribution in [0.1, 0.15) is 35.3 Å². The summed E-state index contributed by atoms with van der Waals surface area (Å²) in [5.74, 6) is 2.10. The second-order valence-electron chi connectivity index (χ2n) is 6.14. The summed E-state index contributed by atoms with van der Waals surface area (Å²) in [7, 11) is 1.66. The zero-order valence-corrected chi connectivity index (χ0v) is 15.6. The lowest BCUT2D eigenvalue weighted by Gasteiger charge is -2.29. The number of methoxy groups -OCH3 is 1. The molecule has 0 spiro atoms. The van der Waals surface area contributed by atoms with Gasteiger partial charge in [0.05, 0.1) is 20.3 Å². The maximum atomic E-state index is 13.0. The molecule has 5 heteroatoms. The first-order valence-electron chi connectivity index (χ1n) is 9.01. The molecule has 0 bridgehead atoms. The van der Waals surface area contributed by atoms with E-state index in [0.29, 0.717) is 43.4 Å². The Kier molecular flexibility index (Phi) is 5.66. The van der Waals surface area contributed by atoms with Crippen LogP contribution in [0.2, 0.25) is 0 Å². The van der Waals surface area contributed by atoms with E-state index in [0.717, 1.165) is 17.7 Å². The summed E-state index contributed by atoms with van der Waals surface area (Å²) >= 11 is 0. The van der Waals surface area contributed by atoms with Gasteiger partial charge in [-0.25, -0.2) is 0 Å². The summed E-state index contributed by atoms with van der Waals surface area (Å²) in [5, 5.41) is 0. The van der Waals surface area contributed by atoms with Crippen molar-refractivity contribution in [3.63, 3.8) is 0 Å². The van der Waals surface area contributed by atoms with E-state index in [9.17, 15) is 4.79 Å². The Morgan fingerprint density at radius 2 is 1.77 bits per heavy atom. The lowest BCUT2D eigenvalue weighted by atomic mass is 9.98. The van der Waals surface area contributed by atoms with Crippen LogP contribution < -0.4 is 14.2 Å². The maximum absolute atomic E-state index is 13.0. The number of benzene rings is 2. The summed E-state index contributed by atoms with van der Waals surface area (Å²) in [6, 6.07) is 11.5. The average molecular weight is 355 g/mol. The molecular formula is C21H25NO4. The van der Waals surface area contributed by atoms with Crippen molar-refractivity contribution in [2.45, 2.75) is 26.8 Å². The van der Waals surface area contributed by atoms with Gasteiger partial charge < -0.3 is 19.1 Å². The average Bonchev–Trinajstić information content (AvgIpc) is 2.68. The number of carbonyl (C=O) groups excluding carboxylic acids is 1. The Balaban J connectivity index is 1.81. The molecule has 0 unspecified atom stereocenters. The fourth-order valence-corrected chi connectivity index (χ4v) is 3.20. The lowest BCUT2D eigenvalue weighted by Crippen LogP contribution is -2.36. The van der Waals surface area contributed by atoms with E-state index in [1.54, 1.807) is 19.2 Å². The van der Waals surface area contributed by atoms with Gasteiger partial charge in [0.15, 0.2) is 11.5 Å². The van der Waals surface area contributed by atoms with Crippen molar-refractivity contribution in [1.82, 2.24) is 4.90 Å². The third-order valence-electron chi connectivity index (χ3n) is 4.50. The highest BCUT2D eigenvalue weighted by atomic mass is 16.5. The second-order valence-corrected chi connectivity index (χ2v) is 6.14. The molecule has 3 rings (SSSR count). The van der Waals surface area contributed by atoms with Crippen molar-refractivity contribution in [3.05, 3.63) is 53.1 Å². The minimum Gasteiger partial charge on any atom is -0.497 e. The predicted octanol–water partition coefficient (Wildman–Crippen LogP) is 3.69. The van der Waals surface area contributed by atoms with Crippen LogP contribution in [0.4, 0.5) is 0 Å². The molecule has 1 aliphatic heterocycles. The van der Waals surface area contributed by atoms with Gasteiger partial charge in [0, 0.05) is 18.7 Å². The molecule has 0 saturated heterocycles. The SMILES string of the molecule is CCOc1ccc(C(=O)N2CCc3ccc(OC)cc3C2)cc1OCC. The fraction of sp³-hybridized carbons (Fsp3) is 0.381. The third-order valence-corrected chi connectivity index (χ3v) is 4.50. The normalized spacial score (nSPS) is 13.1. The highest BCUT2D eigenvalue weighted by Crippen LogP contribution is 2.30. The van der Waals surface area contributed by atoms with E-state index >= 15 is 0 Å². The molecular weight excluding hydrogens is 330 g/mol. The van der Waals surface area contributed by atoms with Crippen molar-refractivity contribution in [2.24, 2.45) is 0 Å². The Hall–Kier alpha value is -2.69. The van der Waals surface area contributed by atoms with E-state index in [1.165, 1.54) is 5.56 Å². The van der Waals surface area contributed by atoms with Crippen LogP contribution in [0, 0.1) is 0 Å². The summed E-state index contributed by atoms with van der Waals surface area (Å²) < 4.78 is 16.5. The highest BCUT2D eigenvalue weighted by Gasteiger charge is 2.23. The van der Waals surface area contributed by atoms with Gasteiger partial charge in [-0.1, -0.05) is 6.07 Å². The molecule has 1 amide bonds. The summed E-state index contributed by atoms with van der Waals surface area (Å²) in [6.45, 7) is 6.21. The Labute approximate surface area is 154 Å². The molecule has 0 saturated carbocycles. The fourth-order valence-electron chi connectivity index (χ4n) is 3.20. The predicted molar refractivity (Wildman–Crippen MR) is 100 cm³/mol. The molecule has 0 fully saturated rings. The van der Waals surface area contributed by atoms with Gasteiger partial charge >= 0.3 is 0 Å². The quantitative estimate of drug-likeness (QED) is 0.793. The first-order valence-corrected chi connectivity index (χ1v) is 9.01. The van der Waals surface area contributed by atoms with Crippen LogP contribution in [0.15, 0.2) is 36.4 Å². The molecule has 2 aromatic rings. The smallest absolute Gasteiger partial charge is 0.254 e. The monoisotopic (exact) mass is 355 g/mol. The number of ether oxygens (including phenoxy) is 3. The first kappa shape index (κ1) is 18.1. The minimum absolute atomic E-state index is 0.00229. The molecule has 0 N–H and O–H groups in total. The minimum atomic E-state index is 0.00229. The zero-order valence-electron chi connectivity index (χ0n) is 15.6. The molecule has 0 aliphatic carbocycles. The molecule has 5 nitrogen and oxygen atoms in total. The van der Waals surface area contributed by atoms with E-state index in [-0.39, 0.29) is 5.91 Å². The van der Waals surface area contributed by atoms with Gasteiger partial charge in [-0.3, -0.25) is 4.79 Å². The van der Waals surface area contributed by atoms with Gasteiger partial charge in [0.1, 0.15) is 5.75 Å². The highest BCUT2D eigenvalue weighted by molar-refractivity contribution is 5.95. The van der Waals surface area contributed by atoms with Crippen LogP contribution >= 0.6 is 0 Å². The second kappa shape index (κ2) is 8.13. The molecule has 26 heavy (non-hydrogen) atoms. The van der Waals surface area contributed by atoms with Crippen molar-refractivity contribution < 1.29 is 19.0 Å². The first-order chi connectivity index (χ1) is 12.7. The summed E-state index contributed by atoms with van der Waals surface area (Å²) in [5.41, 5.74) is 3.03. The van der Waals surface area contributed by atoms with E-state index in [4.69, 9.17) is 14.2 Å². The van der Waals surface area contributed by atoms with E-state index in [1.807, 2.05) is 36.9 Å². The zero-order chi connectivity index (χ0) is 18.5. The number of rotatable bonds is 6. The Morgan fingerprint density at radius 1 is 1.00 bits per heavy atom. The van der Waals surface area contributed by atoms with Gasteiger partial charge in [-0.2, -0.15) is 0 Å². The number of fused-ring (bicyclic) bond motifs is 1. The van der Waals surface area contributed by atoms with E-state index < -0.39 is 0 Å². The van der Waals surface area contributed by atoms with Crippen molar-refractivity contribution in [2.75, 3.05) is 26.9 Å². The topological polar surface area (TPSA) is 48.0 Å². The van der Waals surface area contributed by atoms with Crippen LogP contribution in [0.25, 0.3) is 0 Å². The summed E-state index contributed by atoms with van der Waals surface area (Å²) in [6.07, 6.45) is 0.848. The van der Waals surface area contributed by atoms with Crippen molar-refractivity contribution in [1.29, 1.82) is 0 Å². The van der Waals surface area contributed by atoms with Crippen LogP contribution in [-0.2, 0) is 13.0 Å². The summed E-state index contributed by atoms with van der Waals surface area (Å²) in [4.78, 5) is 14.9. The maximum Gasteiger partial charge on any atom is 0.254 e. The molecule has 2 aromatic carbocycles. The largest absolute Gasteiger partial charge is 0.497 e. The van der Waals surface area contributed by atoms with E-state index in [2.05, 4.69) is 6.07 Å². The van der Waals surface area contributed by atoms with Gasteiger partial charge in [0.25, 0.3) is 5.91 Å². The molecule has 138 valence electrons. The van der Waals surface area contributed by atoms with Gasteiger partial charge in [-0.15, -0.1) is 0 Å². The number of hydrogen-bond donors (Lipinski definition) is 0. The lowest BCUT2D eigenvalue weighted by molar-refractivity contribution is 0.0734. The standard InChI is InChI=1S/C21H25NO4/c1-4-25-19-9-7-16(13-20(19)26-5-2)21(23)22-11-10-15-6-8-18(24-3)12-17(15)14-22/h6-9,12-13H,4-5,10-11,14H2,1-3H3. The molecule has 0 radical (unpaired) electrons. The number of nitrogens with zero attached hydrogens (tertiary/aromatic N) is 1. The molecule has 1 heterocycles. The molecule has 0 aromatic heterocycles. The van der Waals surface area contributed by atoms with Gasteiger partial charge in [0.2, 0.25) is 0 Å². The number of hydrogen-bond acceptors (Lipinski definition) is 4. The Morgan fingerprint density at radius 3 is 2.50 bits per heavy atom. The van der Waals surface area contributed by atoms with Crippen LogP contribution in [-0.4, -0.2) is 37.7 Å². The van der Waals surface area contributed by atoms with Crippen LogP contribution in [0.5, 0.6) is 17.2 Å². The number of carbonyl (C=O) groups is 1.